The first kappa shape index (κ1) is 15.2. The first-order valence-corrected chi connectivity index (χ1v) is 8.17. The summed E-state index contributed by atoms with van der Waals surface area (Å²) in [6.07, 6.45) is 4.53. The number of halogens is 1. The lowest BCUT2D eigenvalue weighted by atomic mass is 10.1. The molecule has 2 aromatic heterocycles. The second-order valence-corrected chi connectivity index (χ2v) is 6.03. The highest BCUT2D eigenvalue weighted by molar-refractivity contribution is 6.29. The molecule has 122 valence electrons. The van der Waals surface area contributed by atoms with Crippen LogP contribution in [0.5, 0.6) is 5.75 Å². The van der Waals surface area contributed by atoms with E-state index in [9.17, 15) is 0 Å². The number of anilines is 2. The SMILES string of the molecule is Clc1ccc(Nc2nccc3cc(OC4CCOC4)ccc23)cn1. The van der Waals surface area contributed by atoms with Crippen molar-refractivity contribution in [3.8, 4) is 5.75 Å². The van der Waals surface area contributed by atoms with Gasteiger partial charge in [0, 0.05) is 18.0 Å². The third-order valence-electron chi connectivity index (χ3n) is 3.92. The predicted molar refractivity (Wildman–Crippen MR) is 94.1 cm³/mol. The third-order valence-corrected chi connectivity index (χ3v) is 4.14. The van der Waals surface area contributed by atoms with Crippen LogP contribution in [0.2, 0.25) is 5.15 Å². The molecule has 0 aliphatic carbocycles. The standard InChI is InChI=1S/C18H16ClN3O2/c19-17-4-1-13(10-21-17)22-18-16-3-2-14(9-12(16)5-7-20-18)24-15-6-8-23-11-15/h1-5,7,9-10,15H,6,8,11H2,(H,20,22). The van der Waals surface area contributed by atoms with Gasteiger partial charge in [0.2, 0.25) is 0 Å². The van der Waals surface area contributed by atoms with E-state index in [-0.39, 0.29) is 6.10 Å². The molecule has 0 saturated carbocycles. The molecule has 5 nitrogen and oxygen atoms in total. The summed E-state index contributed by atoms with van der Waals surface area (Å²) in [5.74, 6) is 1.62. The molecule has 6 heteroatoms. The highest BCUT2D eigenvalue weighted by atomic mass is 35.5. The first-order valence-electron chi connectivity index (χ1n) is 7.80. The van der Waals surface area contributed by atoms with E-state index in [1.807, 2.05) is 30.3 Å². The lowest BCUT2D eigenvalue weighted by Crippen LogP contribution is -2.15. The lowest BCUT2D eigenvalue weighted by Gasteiger charge is -2.13. The maximum absolute atomic E-state index is 5.96. The van der Waals surface area contributed by atoms with Crippen LogP contribution in [0.4, 0.5) is 11.5 Å². The van der Waals surface area contributed by atoms with Crippen molar-refractivity contribution in [1.29, 1.82) is 0 Å². The van der Waals surface area contributed by atoms with Crippen molar-refractivity contribution >= 4 is 33.9 Å². The molecule has 0 amide bonds. The molecule has 24 heavy (non-hydrogen) atoms. The van der Waals surface area contributed by atoms with Gasteiger partial charge in [0.15, 0.2) is 0 Å². The maximum atomic E-state index is 5.96. The van der Waals surface area contributed by atoms with Crippen LogP contribution in [0.15, 0.2) is 48.8 Å². The van der Waals surface area contributed by atoms with Gasteiger partial charge < -0.3 is 14.8 Å². The fraction of sp³-hybridized carbons (Fsp3) is 0.222. The second kappa shape index (κ2) is 6.63. The van der Waals surface area contributed by atoms with Gasteiger partial charge in [-0.05, 0) is 41.8 Å². The number of rotatable bonds is 4. The predicted octanol–water partition coefficient (Wildman–Crippen LogP) is 4.19. The van der Waals surface area contributed by atoms with Gasteiger partial charge in [-0.15, -0.1) is 0 Å². The topological polar surface area (TPSA) is 56.3 Å². The highest BCUT2D eigenvalue weighted by Crippen LogP contribution is 2.28. The number of hydrogen-bond donors (Lipinski definition) is 1. The largest absolute Gasteiger partial charge is 0.488 e. The Morgan fingerprint density at radius 1 is 1.17 bits per heavy atom. The summed E-state index contributed by atoms with van der Waals surface area (Å²) in [6.45, 7) is 1.43. The number of nitrogens with one attached hydrogen (secondary N) is 1. The summed E-state index contributed by atoms with van der Waals surface area (Å²) < 4.78 is 11.3. The zero-order valence-corrected chi connectivity index (χ0v) is 13.7. The van der Waals surface area contributed by atoms with E-state index in [1.165, 1.54) is 0 Å². The van der Waals surface area contributed by atoms with Crippen LogP contribution < -0.4 is 10.1 Å². The Hall–Kier alpha value is -2.37. The molecule has 3 aromatic rings. The van der Waals surface area contributed by atoms with Gasteiger partial charge in [0.25, 0.3) is 0 Å². The van der Waals surface area contributed by atoms with Crippen molar-refractivity contribution in [2.45, 2.75) is 12.5 Å². The van der Waals surface area contributed by atoms with Crippen LogP contribution in [0.1, 0.15) is 6.42 Å². The molecule has 1 aliphatic heterocycles. The van der Waals surface area contributed by atoms with Gasteiger partial charge in [0.05, 0.1) is 25.1 Å². The summed E-state index contributed by atoms with van der Waals surface area (Å²) in [4.78, 5) is 8.49. The van der Waals surface area contributed by atoms with E-state index in [0.717, 1.165) is 41.1 Å². The smallest absolute Gasteiger partial charge is 0.138 e. The number of benzene rings is 1. The van der Waals surface area contributed by atoms with Crippen LogP contribution in [0.25, 0.3) is 10.8 Å². The molecule has 1 unspecified atom stereocenters. The van der Waals surface area contributed by atoms with Crippen LogP contribution in [0.3, 0.4) is 0 Å². The molecular formula is C18H16ClN3O2. The van der Waals surface area contributed by atoms with E-state index >= 15 is 0 Å². The van der Waals surface area contributed by atoms with E-state index in [0.29, 0.717) is 11.8 Å². The summed E-state index contributed by atoms with van der Waals surface area (Å²) in [7, 11) is 0. The normalized spacial score (nSPS) is 17.1. The minimum absolute atomic E-state index is 0.141. The molecule has 0 bridgehead atoms. The Kier molecular flexibility index (Phi) is 4.19. The van der Waals surface area contributed by atoms with Crippen molar-refractivity contribution in [1.82, 2.24) is 9.97 Å². The van der Waals surface area contributed by atoms with Gasteiger partial charge in [-0.3, -0.25) is 0 Å². The Morgan fingerprint density at radius 3 is 2.92 bits per heavy atom. The van der Waals surface area contributed by atoms with Crippen molar-refractivity contribution in [2.75, 3.05) is 18.5 Å². The molecule has 1 aromatic carbocycles. The Morgan fingerprint density at radius 2 is 2.12 bits per heavy atom. The minimum atomic E-state index is 0.141. The van der Waals surface area contributed by atoms with Crippen molar-refractivity contribution < 1.29 is 9.47 Å². The van der Waals surface area contributed by atoms with E-state index in [2.05, 4.69) is 15.3 Å². The number of pyridine rings is 2. The Balaban J connectivity index is 1.60. The molecule has 1 atom stereocenters. The van der Waals surface area contributed by atoms with Crippen molar-refractivity contribution in [3.05, 3.63) is 53.9 Å². The molecule has 1 aliphatic rings. The fourth-order valence-electron chi connectivity index (χ4n) is 2.71. The Bertz CT molecular complexity index is 849. The Labute approximate surface area is 144 Å². The second-order valence-electron chi connectivity index (χ2n) is 5.64. The average Bonchev–Trinajstić information content (AvgIpc) is 3.10. The molecule has 3 heterocycles. The number of fused-ring (bicyclic) bond motifs is 1. The summed E-state index contributed by atoms with van der Waals surface area (Å²) in [5, 5.41) is 5.81. The number of aromatic nitrogens is 2. The van der Waals surface area contributed by atoms with E-state index < -0.39 is 0 Å². The zero-order chi connectivity index (χ0) is 16.4. The highest BCUT2D eigenvalue weighted by Gasteiger charge is 2.17. The van der Waals surface area contributed by atoms with Crippen LogP contribution >= 0.6 is 11.6 Å². The van der Waals surface area contributed by atoms with E-state index in [4.69, 9.17) is 21.1 Å². The molecule has 1 N–H and O–H groups in total. The number of nitrogens with zero attached hydrogens (tertiary/aromatic N) is 2. The maximum Gasteiger partial charge on any atom is 0.138 e. The minimum Gasteiger partial charge on any atom is -0.488 e. The monoisotopic (exact) mass is 341 g/mol. The van der Waals surface area contributed by atoms with Crippen LogP contribution in [0, 0.1) is 0 Å². The van der Waals surface area contributed by atoms with Gasteiger partial charge in [0.1, 0.15) is 22.8 Å². The molecule has 1 saturated heterocycles. The third kappa shape index (κ3) is 3.27. The van der Waals surface area contributed by atoms with Crippen LogP contribution in [-0.4, -0.2) is 29.3 Å². The summed E-state index contributed by atoms with van der Waals surface area (Å²) >= 11 is 5.82. The molecule has 0 radical (unpaired) electrons. The van der Waals surface area contributed by atoms with Crippen molar-refractivity contribution in [2.24, 2.45) is 0 Å². The fourth-order valence-corrected chi connectivity index (χ4v) is 2.83. The molecule has 1 fully saturated rings. The summed E-state index contributed by atoms with van der Waals surface area (Å²) in [6, 6.07) is 11.6. The van der Waals surface area contributed by atoms with Gasteiger partial charge in [-0.2, -0.15) is 0 Å². The molecule has 4 rings (SSSR count). The quantitative estimate of drug-likeness (QED) is 0.721. The first-order chi connectivity index (χ1) is 11.8. The summed E-state index contributed by atoms with van der Waals surface area (Å²) in [5.41, 5.74) is 0.836. The van der Waals surface area contributed by atoms with Gasteiger partial charge in [-0.25, -0.2) is 9.97 Å². The molecule has 0 spiro atoms. The van der Waals surface area contributed by atoms with E-state index in [1.54, 1.807) is 18.5 Å². The van der Waals surface area contributed by atoms with Crippen LogP contribution in [-0.2, 0) is 4.74 Å². The van der Waals surface area contributed by atoms with Gasteiger partial charge >= 0.3 is 0 Å². The van der Waals surface area contributed by atoms with Gasteiger partial charge in [-0.1, -0.05) is 11.6 Å². The average molecular weight is 342 g/mol. The van der Waals surface area contributed by atoms with Crippen molar-refractivity contribution in [3.63, 3.8) is 0 Å². The number of ether oxygens (including phenoxy) is 2. The number of hydrogen-bond acceptors (Lipinski definition) is 5. The lowest BCUT2D eigenvalue weighted by molar-refractivity contribution is 0.141. The molecular weight excluding hydrogens is 326 g/mol. The zero-order valence-electron chi connectivity index (χ0n) is 12.9.